The summed E-state index contributed by atoms with van der Waals surface area (Å²) in [6, 6.07) is 1.54. The third kappa shape index (κ3) is 3.10. The van der Waals surface area contributed by atoms with E-state index in [1.165, 1.54) is 22.0 Å². The first-order chi connectivity index (χ1) is 14.3. The van der Waals surface area contributed by atoms with E-state index in [-0.39, 0.29) is 17.4 Å². The van der Waals surface area contributed by atoms with Crippen molar-refractivity contribution in [1.82, 2.24) is 9.78 Å². The van der Waals surface area contributed by atoms with Crippen LogP contribution in [0.4, 0.5) is 10.5 Å². The smallest absolute Gasteiger partial charge is 0.354 e. The minimum Gasteiger partial charge on any atom is -0.466 e. The lowest BCUT2D eigenvalue weighted by Crippen LogP contribution is -2.35. The van der Waals surface area contributed by atoms with Crippen LogP contribution < -0.4 is 15.2 Å². The maximum Gasteiger partial charge on any atom is 0.354 e. The Morgan fingerprint density at radius 2 is 2.00 bits per heavy atom. The number of benzene rings is 1. The van der Waals surface area contributed by atoms with Crippen molar-refractivity contribution >= 4 is 21.6 Å². The minimum absolute atomic E-state index is 0.0540. The van der Waals surface area contributed by atoms with Gasteiger partial charge in [-0.05, 0) is 67.7 Å². The van der Waals surface area contributed by atoms with Gasteiger partial charge in [0.1, 0.15) is 4.90 Å². The highest BCUT2D eigenvalue weighted by Gasteiger charge is 2.39. The number of carbonyl (C=O) groups is 1. The maximum atomic E-state index is 13.1. The van der Waals surface area contributed by atoms with E-state index in [0.717, 1.165) is 55.3 Å². The van der Waals surface area contributed by atoms with Gasteiger partial charge in [-0.25, -0.2) is 18.8 Å². The van der Waals surface area contributed by atoms with Crippen molar-refractivity contribution < 1.29 is 18.8 Å². The molecule has 0 radical (unpaired) electrons. The summed E-state index contributed by atoms with van der Waals surface area (Å²) in [6.45, 7) is 1.77. The molecule has 5 rings (SSSR count). The van der Waals surface area contributed by atoms with Crippen LogP contribution >= 0.6 is 0 Å². The number of aliphatic hydroxyl groups is 1. The summed E-state index contributed by atoms with van der Waals surface area (Å²) in [6.07, 6.45) is 7.30. The molecule has 1 aromatic carbocycles. The van der Waals surface area contributed by atoms with Crippen LogP contribution in [-0.4, -0.2) is 37.3 Å². The molecule has 10 heteroatoms. The van der Waals surface area contributed by atoms with E-state index >= 15 is 0 Å². The summed E-state index contributed by atoms with van der Waals surface area (Å²) in [5.41, 5.74) is 4.84. The van der Waals surface area contributed by atoms with Crippen LogP contribution in [0, 0.1) is 0 Å². The number of nitrogens with two attached hydrogens (primary N) is 1. The summed E-state index contributed by atoms with van der Waals surface area (Å²) in [4.78, 5) is 12.8. The molecule has 0 fully saturated rings. The van der Waals surface area contributed by atoms with Gasteiger partial charge in [0.15, 0.2) is 15.5 Å². The summed E-state index contributed by atoms with van der Waals surface area (Å²) >= 11 is 0. The quantitative estimate of drug-likeness (QED) is 0.683. The number of hydrogen-bond donors (Lipinski definition) is 3. The van der Waals surface area contributed by atoms with E-state index < -0.39 is 21.5 Å². The van der Waals surface area contributed by atoms with Crippen LogP contribution in [0.15, 0.2) is 21.5 Å². The molecule has 0 unspecified atom stereocenters. The molecule has 2 amide bonds. The molecule has 2 aromatic rings. The summed E-state index contributed by atoms with van der Waals surface area (Å²) in [7, 11) is -3.58. The molecule has 2 heterocycles. The number of hydrogen-bond acceptors (Lipinski definition) is 5. The average molecular weight is 432 g/mol. The summed E-state index contributed by atoms with van der Waals surface area (Å²) < 4.78 is 24.1. The number of carbonyl (C=O) groups excluding carboxylic acids is 1. The van der Waals surface area contributed by atoms with Crippen molar-refractivity contribution in [3.63, 3.8) is 0 Å². The number of urea groups is 1. The van der Waals surface area contributed by atoms with E-state index in [4.69, 9.17) is 9.88 Å². The van der Waals surface area contributed by atoms with Crippen molar-refractivity contribution in [2.45, 2.75) is 62.5 Å². The van der Waals surface area contributed by atoms with E-state index in [1.54, 1.807) is 6.92 Å². The predicted octanol–water partition coefficient (Wildman–Crippen LogP) is 1.94. The first-order valence-electron chi connectivity index (χ1n) is 10.2. The van der Waals surface area contributed by atoms with Gasteiger partial charge in [-0.1, -0.05) is 6.07 Å². The number of aryl methyl sites for hydroxylation is 2. The highest BCUT2D eigenvalue weighted by molar-refractivity contribution is 7.91. The number of fused-ring (bicyclic) bond motifs is 3. The first kappa shape index (κ1) is 19.5. The number of amides is 2. The largest absolute Gasteiger partial charge is 0.466 e. The highest BCUT2D eigenvalue weighted by atomic mass is 32.2. The Bertz CT molecular complexity index is 1150. The van der Waals surface area contributed by atoms with Crippen LogP contribution in [0.2, 0.25) is 0 Å². The molecule has 0 saturated carbocycles. The van der Waals surface area contributed by atoms with Gasteiger partial charge in [0.2, 0.25) is 5.88 Å². The molecule has 160 valence electrons. The third-order valence-corrected chi connectivity index (χ3v) is 7.51. The van der Waals surface area contributed by atoms with Gasteiger partial charge in [-0.2, -0.15) is 5.10 Å². The number of rotatable bonds is 3. The van der Waals surface area contributed by atoms with Crippen molar-refractivity contribution in [2.75, 3.05) is 11.9 Å². The van der Waals surface area contributed by atoms with Gasteiger partial charge in [0.25, 0.3) is 0 Å². The number of nitrogens with one attached hydrogen (secondary N) is 1. The minimum atomic E-state index is -3.58. The number of ether oxygens (including phenoxy) is 1. The van der Waals surface area contributed by atoms with Crippen LogP contribution in [-0.2, 0) is 42.1 Å². The topological polar surface area (TPSA) is 132 Å². The molecule has 9 nitrogen and oxygen atoms in total. The van der Waals surface area contributed by atoms with Gasteiger partial charge in [-0.3, -0.25) is 0 Å². The lowest BCUT2D eigenvalue weighted by molar-refractivity contribution is 0.0399. The highest BCUT2D eigenvalue weighted by Crippen LogP contribution is 2.39. The Hall–Kier alpha value is -2.43. The molecule has 0 saturated heterocycles. The second-order valence-corrected chi connectivity index (χ2v) is 10.3. The maximum absolute atomic E-state index is 13.1. The van der Waals surface area contributed by atoms with E-state index in [1.807, 2.05) is 0 Å². The van der Waals surface area contributed by atoms with E-state index in [9.17, 15) is 14.1 Å². The molecule has 1 aliphatic heterocycles. The Morgan fingerprint density at radius 1 is 1.33 bits per heavy atom. The molecule has 30 heavy (non-hydrogen) atoms. The fourth-order valence-corrected chi connectivity index (χ4v) is 5.69. The zero-order valence-electron chi connectivity index (χ0n) is 16.8. The van der Waals surface area contributed by atoms with Gasteiger partial charge < -0.3 is 15.2 Å². The van der Waals surface area contributed by atoms with Crippen molar-refractivity contribution in [1.29, 1.82) is 0 Å². The zero-order chi connectivity index (χ0) is 21.1. The SMILES string of the molecule is C[C@]1(CO)Cn2ncc([S@](N)(=O)=NC(=O)Nc3c4c(cc5c3CCC5)CCC4)c2O1. The van der Waals surface area contributed by atoms with Crippen LogP contribution in [0.3, 0.4) is 0 Å². The fourth-order valence-electron chi connectivity index (χ4n) is 4.71. The van der Waals surface area contributed by atoms with E-state index in [2.05, 4.69) is 20.8 Å². The Balaban J connectivity index is 1.47. The lowest BCUT2D eigenvalue weighted by Gasteiger charge is -2.19. The molecule has 2 atom stereocenters. The van der Waals surface area contributed by atoms with Crippen LogP contribution in [0.25, 0.3) is 0 Å². The number of nitrogens with zero attached hydrogens (tertiary/aromatic N) is 3. The second kappa shape index (κ2) is 6.79. The van der Waals surface area contributed by atoms with Gasteiger partial charge in [-0.15, -0.1) is 4.36 Å². The molecular formula is C20H25N5O4S. The van der Waals surface area contributed by atoms with Gasteiger partial charge in [0.05, 0.1) is 19.3 Å². The molecule has 4 N–H and O–H groups in total. The molecule has 2 aliphatic carbocycles. The second-order valence-electron chi connectivity index (χ2n) is 8.51. The summed E-state index contributed by atoms with van der Waals surface area (Å²) in [5, 5.41) is 22.5. The molecule has 0 bridgehead atoms. The van der Waals surface area contributed by atoms with Crippen molar-refractivity contribution in [2.24, 2.45) is 9.50 Å². The first-order valence-corrected chi connectivity index (χ1v) is 11.8. The normalized spacial score (nSPS) is 23.3. The summed E-state index contributed by atoms with van der Waals surface area (Å²) in [5.74, 6) is 0.178. The Labute approximate surface area is 174 Å². The number of anilines is 1. The Morgan fingerprint density at radius 3 is 2.63 bits per heavy atom. The van der Waals surface area contributed by atoms with Gasteiger partial charge in [0, 0.05) is 5.69 Å². The molecule has 1 aromatic heterocycles. The Kier molecular flexibility index (Phi) is 4.42. The number of aromatic nitrogens is 2. The number of aliphatic hydroxyl groups excluding tert-OH is 1. The van der Waals surface area contributed by atoms with Crippen LogP contribution in [0.5, 0.6) is 5.88 Å². The van der Waals surface area contributed by atoms with E-state index in [0.29, 0.717) is 6.54 Å². The van der Waals surface area contributed by atoms with Crippen molar-refractivity contribution in [3.8, 4) is 5.88 Å². The standard InChI is InChI=1S/C20H25N5O4S/c1-20(11-26)10-25-18(29-20)16(9-22-25)30(21,28)24-19(27)23-17-14-6-2-4-12(14)8-13-5-3-7-15(13)17/h8-9,26H,2-7,10-11H2,1H3,(H3,21,23,24,27,28)/t20-,30-/m1/s1. The monoisotopic (exact) mass is 431 g/mol. The zero-order valence-corrected chi connectivity index (χ0v) is 17.6. The molecule has 0 spiro atoms. The van der Waals surface area contributed by atoms with Gasteiger partial charge >= 0.3 is 6.03 Å². The molecular weight excluding hydrogens is 406 g/mol. The fraction of sp³-hybridized carbons (Fsp3) is 0.500. The average Bonchev–Trinajstić information content (AvgIpc) is 3.43. The van der Waals surface area contributed by atoms with Crippen molar-refractivity contribution in [3.05, 3.63) is 34.5 Å². The lowest BCUT2D eigenvalue weighted by atomic mass is 9.99. The van der Waals surface area contributed by atoms with Crippen LogP contribution in [0.1, 0.15) is 42.0 Å². The predicted molar refractivity (Wildman–Crippen MR) is 111 cm³/mol. The molecule has 3 aliphatic rings. The third-order valence-electron chi connectivity index (χ3n) is 6.16.